The first-order valence-electron chi connectivity index (χ1n) is 8.50. The third-order valence-electron chi connectivity index (χ3n) is 4.24. The monoisotopic (exact) mass is 390 g/mol. The number of carbonyl (C=O) groups excluding carboxylic acids is 1. The van der Waals surface area contributed by atoms with Gasteiger partial charge in [0.05, 0.1) is 5.39 Å². The van der Waals surface area contributed by atoms with E-state index in [-0.39, 0.29) is 32.6 Å². The Labute approximate surface area is 158 Å². The molecule has 0 saturated carbocycles. The minimum Gasteiger partial charge on any atom is -0.618 e. The molecular weight excluding hydrogens is 373 g/mol. The Bertz CT molecular complexity index is 1050. The highest BCUT2D eigenvalue weighted by Crippen LogP contribution is 2.38. The Morgan fingerprint density at radius 1 is 1.21 bits per heavy atom. The molecule has 3 aromatic rings. The maximum absolute atomic E-state index is 13.4. The first kappa shape index (κ1) is 19.4. The smallest absolute Gasteiger partial charge is 0.433 e. The molecule has 0 spiro atoms. The van der Waals surface area contributed by atoms with E-state index in [1.54, 1.807) is 6.07 Å². The van der Waals surface area contributed by atoms with Gasteiger partial charge in [0.25, 0.3) is 0 Å². The molecule has 6 nitrogen and oxygen atoms in total. The number of amides is 1. The van der Waals surface area contributed by atoms with E-state index in [4.69, 9.17) is 5.73 Å². The molecule has 146 valence electrons. The Hall–Kier alpha value is -3.36. The maximum Gasteiger partial charge on any atom is 0.433 e. The number of fused-ring (bicyclic) bond motifs is 1. The fraction of sp³-hybridized carbons (Fsp3) is 0.211. The molecular formula is C19H17F3N4O2. The predicted octanol–water partition coefficient (Wildman–Crippen LogP) is 3.28. The van der Waals surface area contributed by atoms with Crippen molar-refractivity contribution in [2.45, 2.75) is 19.5 Å². The van der Waals surface area contributed by atoms with E-state index in [9.17, 15) is 23.2 Å². The van der Waals surface area contributed by atoms with Gasteiger partial charge >= 0.3 is 17.8 Å². The summed E-state index contributed by atoms with van der Waals surface area (Å²) in [6, 6.07) is 7.17. The molecule has 28 heavy (non-hydrogen) atoms. The van der Waals surface area contributed by atoms with Crippen LogP contribution in [0, 0.1) is 5.21 Å². The maximum atomic E-state index is 13.4. The van der Waals surface area contributed by atoms with Crippen LogP contribution in [-0.2, 0) is 6.18 Å². The number of pyridine rings is 2. The van der Waals surface area contributed by atoms with E-state index < -0.39 is 17.8 Å². The minimum absolute atomic E-state index is 0.0968. The number of halogens is 3. The molecule has 0 atom stereocenters. The number of hydrogen-bond acceptors (Lipinski definition) is 4. The van der Waals surface area contributed by atoms with E-state index in [1.807, 2.05) is 6.92 Å². The largest absolute Gasteiger partial charge is 0.618 e. The number of alkyl halides is 3. The van der Waals surface area contributed by atoms with Crippen LogP contribution in [0.2, 0.25) is 0 Å². The summed E-state index contributed by atoms with van der Waals surface area (Å²) in [5.74, 6) is -0.640. The number of aromatic nitrogens is 2. The van der Waals surface area contributed by atoms with Crippen molar-refractivity contribution in [2.75, 3.05) is 12.3 Å². The van der Waals surface area contributed by atoms with E-state index in [0.29, 0.717) is 18.4 Å². The van der Waals surface area contributed by atoms with Crippen LogP contribution in [0.5, 0.6) is 0 Å². The third kappa shape index (κ3) is 3.42. The molecule has 2 aromatic heterocycles. The first-order chi connectivity index (χ1) is 13.3. The summed E-state index contributed by atoms with van der Waals surface area (Å²) in [5.41, 5.74) is 4.56. The van der Waals surface area contributed by atoms with Crippen LogP contribution in [0.3, 0.4) is 0 Å². The molecule has 0 fully saturated rings. The molecule has 1 amide bonds. The van der Waals surface area contributed by atoms with Crippen molar-refractivity contribution < 1.29 is 22.7 Å². The van der Waals surface area contributed by atoms with E-state index in [1.165, 1.54) is 24.3 Å². The number of nitrogens with zero attached hydrogens (tertiary/aromatic N) is 2. The number of carbonyl (C=O) groups is 1. The normalized spacial score (nSPS) is 11.6. The zero-order valence-corrected chi connectivity index (χ0v) is 14.9. The number of hydrogen-bond donors (Lipinski definition) is 2. The molecule has 0 unspecified atom stereocenters. The average molecular weight is 390 g/mol. The summed E-state index contributed by atoms with van der Waals surface area (Å²) >= 11 is 0. The zero-order chi connectivity index (χ0) is 20.5. The Morgan fingerprint density at radius 2 is 1.93 bits per heavy atom. The Morgan fingerprint density at radius 3 is 2.61 bits per heavy atom. The van der Waals surface area contributed by atoms with E-state index in [2.05, 4.69) is 10.3 Å². The zero-order valence-electron chi connectivity index (χ0n) is 14.9. The third-order valence-corrected chi connectivity index (χ3v) is 4.24. The molecule has 0 radical (unpaired) electrons. The summed E-state index contributed by atoms with van der Waals surface area (Å²) in [6.07, 6.45) is -1.88. The number of nitrogens with one attached hydrogen (secondary N) is 1. The second-order valence-corrected chi connectivity index (χ2v) is 6.14. The van der Waals surface area contributed by atoms with Gasteiger partial charge in [0, 0.05) is 23.7 Å². The predicted molar refractivity (Wildman–Crippen MR) is 98.2 cm³/mol. The highest BCUT2D eigenvalue weighted by atomic mass is 19.4. The van der Waals surface area contributed by atoms with Crippen molar-refractivity contribution in [3.63, 3.8) is 0 Å². The minimum atomic E-state index is -4.67. The molecule has 2 heterocycles. The van der Waals surface area contributed by atoms with Gasteiger partial charge in [0.1, 0.15) is 5.69 Å². The first-order valence-corrected chi connectivity index (χ1v) is 8.50. The molecule has 3 N–H and O–H groups in total. The Kier molecular flexibility index (Phi) is 5.08. The molecule has 0 saturated heterocycles. The molecule has 0 aliphatic carbocycles. The van der Waals surface area contributed by atoms with Gasteiger partial charge in [-0.2, -0.15) is 17.9 Å². The molecule has 9 heteroatoms. The van der Waals surface area contributed by atoms with Crippen molar-refractivity contribution >= 4 is 22.4 Å². The molecule has 0 aliphatic heterocycles. The fourth-order valence-electron chi connectivity index (χ4n) is 3.00. The van der Waals surface area contributed by atoms with Crippen molar-refractivity contribution in [1.82, 2.24) is 10.3 Å². The van der Waals surface area contributed by atoms with Gasteiger partial charge in [0.2, 0.25) is 0 Å². The number of rotatable bonds is 4. The highest BCUT2D eigenvalue weighted by Gasteiger charge is 2.36. The average Bonchev–Trinajstić information content (AvgIpc) is 2.65. The molecule has 0 bridgehead atoms. The van der Waals surface area contributed by atoms with Gasteiger partial charge in [-0.05, 0) is 18.1 Å². The van der Waals surface area contributed by atoms with Crippen molar-refractivity contribution in [1.29, 1.82) is 0 Å². The quantitative estimate of drug-likeness (QED) is 0.528. The lowest BCUT2D eigenvalue weighted by Gasteiger charge is -2.15. The van der Waals surface area contributed by atoms with Gasteiger partial charge in [-0.25, -0.2) is 0 Å². The summed E-state index contributed by atoms with van der Waals surface area (Å²) in [4.78, 5) is 15.7. The second kappa shape index (κ2) is 7.34. The number of nitrogen functional groups attached to an aromatic ring is 1. The lowest BCUT2D eigenvalue weighted by molar-refractivity contribution is -0.605. The van der Waals surface area contributed by atoms with E-state index >= 15 is 0 Å². The van der Waals surface area contributed by atoms with Crippen LogP contribution < -0.4 is 15.8 Å². The summed E-state index contributed by atoms with van der Waals surface area (Å²) < 4.78 is 40.4. The van der Waals surface area contributed by atoms with Crippen LogP contribution in [0.4, 0.5) is 18.9 Å². The van der Waals surface area contributed by atoms with Crippen LogP contribution in [0.15, 0.2) is 42.7 Å². The number of benzene rings is 1. The number of nitrogens with two attached hydrogens (primary N) is 1. The van der Waals surface area contributed by atoms with Gasteiger partial charge in [-0.3, -0.25) is 9.78 Å². The van der Waals surface area contributed by atoms with Gasteiger partial charge < -0.3 is 16.3 Å². The van der Waals surface area contributed by atoms with Gasteiger partial charge in [-0.1, -0.05) is 31.2 Å². The van der Waals surface area contributed by atoms with Crippen LogP contribution >= 0.6 is 0 Å². The summed E-state index contributed by atoms with van der Waals surface area (Å²) in [5, 5.41) is 15.5. The molecule has 1 aromatic carbocycles. The number of anilines is 1. The van der Waals surface area contributed by atoms with Crippen LogP contribution in [0.1, 0.15) is 29.5 Å². The van der Waals surface area contributed by atoms with Gasteiger partial charge in [0.15, 0.2) is 11.9 Å². The fourth-order valence-corrected chi connectivity index (χ4v) is 3.00. The van der Waals surface area contributed by atoms with Gasteiger partial charge in [-0.15, -0.1) is 0 Å². The van der Waals surface area contributed by atoms with Crippen LogP contribution in [-0.4, -0.2) is 17.4 Å². The topological polar surface area (TPSA) is 95.0 Å². The lowest BCUT2D eigenvalue weighted by Crippen LogP contribution is -2.40. The standard InChI is InChI=1S/C19H17F3N4O2/c1-2-8-25-18(27)16-15(23)12-6-3-5-11(14(12)10-26(16)28)13-7-4-9-24-17(13)19(20,21)22/h3-7,9-10H,2,8,23H2,1H3,(H,25,27). The van der Waals surface area contributed by atoms with Crippen LogP contribution in [0.25, 0.3) is 21.9 Å². The van der Waals surface area contributed by atoms with E-state index in [0.717, 1.165) is 12.4 Å². The van der Waals surface area contributed by atoms with Crippen molar-refractivity contribution in [3.8, 4) is 11.1 Å². The lowest BCUT2D eigenvalue weighted by atomic mass is 9.97. The van der Waals surface area contributed by atoms with Crippen molar-refractivity contribution in [2.24, 2.45) is 0 Å². The second-order valence-electron chi connectivity index (χ2n) is 6.14. The SMILES string of the molecule is CCCNC(=O)c1c(N)c2cccc(-c3cccnc3C(F)(F)F)c2c[n+]1[O-]. The van der Waals surface area contributed by atoms with Crippen molar-refractivity contribution in [3.05, 3.63) is 59.3 Å². The Balaban J connectivity index is 2.25. The molecule has 0 aliphatic rings. The molecule has 3 rings (SSSR count). The summed E-state index contributed by atoms with van der Waals surface area (Å²) in [6.45, 7) is 2.22. The summed E-state index contributed by atoms with van der Waals surface area (Å²) in [7, 11) is 0. The highest BCUT2D eigenvalue weighted by molar-refractivity contribution is 6.08.